The van der Waals surface area contributed by atoms with Gasteiger partial charge in [-0.05, 0) is 36.5 Å². The number of nitrogen functional groups attached to an aromatic ring is 1. The van der Waals surface area contributed by atoms with Crippen LogP contribution < -0.4 is 5.73 Å². The van der Waals surface area contributed by atoms with Gasteiger partial charge in [0.05, 0.1) is 10.7 Å². The summed E-state index contributed by atoms with van der Waals surface area (Å²) >= 11 is 5.78. The van der Waals surface area contributed by atoms with E-state index in [0.29, 0.717) is 17.2 Å². The van der Waals surface area contributed by atoms with Crippen LogP contribution in [-0.2, 0) is 0 Å². The van der Waals surface area contributed by atoms with Gasteiger partial charge in [0, 0.05) is 5.56 Å². The topological polar surface area (TPSA) is 26.0 Å². The molecule has 0 atom stereocenters. The van der Waals surface area contributed by atoms with Crippen LogP contribution in [0.25, 0.3) is 5.57 Å². The van der Waals surface area contributed by atoms with Gasteiger partial charge < -0.3 is 5.73 Å². The molecule has 3 heteroatoms. The number of hydrogen-bond donors (Lipinski definition) is 1. The Balaban J connectivity index is 2.45. The average Bonchev–Trinajstić information content (AvgIpc) is 2.93. The summed E-state index contributed by atoms with van der Waals surface area (Å²) in [5.74, 6) is 0.108. The zero-order valence-electron chi connectivity index (χ0n) is 7.69. The Hall–Kier alpha value is -1.02. The summed E-state index contributed by atoms with van der Waals surface area (Å²) in [7, 11) is 0. The molecular formula is C11H11ClFN. The Morgan fingerprint density at radius 1 is 1.50 bits per heavy atom. The quantitative estimate of drug-likeness (QED) is 0.745. The summed E-state index contributed by atoms with van der Waals surface area (Å²) in [5, 5.41) is 0.266. The van der Waals surface area contributed by atoms with Crippen molar-refractivity contribution in [3.63, 3.8) is 0 Å². The van der Waals surface area contributed by atoms with Crippen LogP contribution in [0.1, 0.15) is 18.4 Å². The summed E-state index contributed by atoms with van der Waals surface area (Å²) in [4.78, 5) is 0. The molecule has 74 valence electrons. The predicted molar refractivity (Wildman–Crippen MR) is 57.6 cm³/mol. The van der Waals surface area contributed by atoms with E-state index in [9.17, 15) is 4.39 Å². The van der Waals surface area contributed by atoms with Gasteiger partial charge in [-0.15, -0.1) is 0 Å². The fourth-order valence-corrected chi connectivity index (χ4v) is 1.71. The molecular weight excluding hydrogens is 201 g/mol. The first-order valence-corrected chi connectivity index (χ1v) is 4.91. The fraction of sp³-hybridized carbons (Fsp3) is 0.273. The van der Waals surface area contributed by atoms with E-state index >= 15 is 0 Å². The van der Waals surface area contributed by atoms with Crippen molar-refractivity contribution in [1.29, 1.82) is 0 Å². The summed E-state index contributed by atoms with van der Waals surface area (Å²) < 4.78 is 13.1. The Bertz CT molecular complexity index is 397. The van der Waals surface area contributed by atoms with Gasteiger partial charge in [0.1, 0.15) is 5.82 Å². The summed E-state index contributed by atoms with van der Waals surface area (Å²) in [6, 6.07) is 2.63. The van der Waals surface area contributed by atoms with Crippen LogP contribution in [0.2, 0.25) is 5.02 Å². The second kappa shape index (κ2) is 3.28. The highest BCUT2D eigenvalue weighted by molar-refractivity contribution is 6.33. The number of rotatable bonds is 2. The zero-order chi connectivity index (χ0) is 10.3. The maximum absolute atomic E-state index is 13.1. The first-order chi connectivity index (χ1) is 6.59. The SMILES string of the molecule is C=C(c1cc(F)cc(Cl)c1N)C1CC1. The van der Waals surface area contributed by atoms with Crippen molar-refractivity contribution < 1.29 is 4.39 Å². The normalized spacial score (nSPS) is 15.6. The van der Waals surface area contributed by atoms with Gasteiger partial charge in [-0.3, -0.25) is 0 Å². The fourth-order valence-electron chi connectivity index (χ4n) is 1.50. The molecule has 1 aliphatic carbocycles. The lowest BCUT2D eigenvalue weighted by Gasteiger charge is -2.09. The van der Waals surface area contributed by atoms with E-state index in [2.05, 4.69) is 6.58 Å². The summed E-state index contributed by atoms with van der Waals surface area (Å²) in [5.41, 5.74) is 7.76. The lowest BCUT2D eigenvalue weighted by atomic mass is 10.0. The maximum Gasteiger partial charge on any atom is 0.125 e. The highest BCUT2D eigenvalue weighted by Gasteiger charge is 2.27. The molecule has 1 saturated carbocycles. The number of hydrogen-bond acceptors (Lipinski definition) is 1. The third kappa shape index (κ3) is 1.62. The minimum atomic E-state index is -0.360. The third-order valence-corrected chi connectivity index (χ3v) is 2.82. The number of benzene rings is 1. The Morgan fingerprint density at radius 2 is 2.14 bits per heavy atom. The molecule has 1 nitrogen and oxygen atoms in total. The second-order valence-electron chi connectivity index (χ2n) is 3.65. The third-order valence-electron chi connectivity index (χ3n) is 2.51. The summed E-state index contributed by atoms with van der Waals surface area (Å²) in [6.07, 6.45) is 2.23. The van der Waals surface area contributed by atoms with Crippen LogP contribution in [0.4, 0.5) is 10.1 Å². The van der Waals surface area contributed by atoms with E-state index in [1.807, 2.05) is 0 Å². The lowest BCUT2D eigenvalue weighted by Crippen LogP contribution is -1.96. The molecule has 0 unspecified atom stereocenters. The van der Waals surface area contributed by atoms with E-state index in [1.54, 1.807) is 0 Å². The number of nitrogens with two attached hydrogens (primary N) is 1. The molecule has 1 aliphatic rings. The van der Waals surface area contributed by atoms with Gasteiger partial charge in [0.25, 0.3) is 0 Å². The van der Waals surface area contributed by atoms with Gasteiger partial charge in [-0.25, -0.2) is 4.39 Å². The first-order valence-electron chi connectivity index (χ1n) is 4.53. The molecule has 1 aromatic rings. The maximum atomic E-state index is 13.1. The van der Waals surface area contributed by atoms with Gasteiger partial charge in [0.2, 0.25) is 0 Å². The Kier molecular flexibility index (Phi) is 2.23. The van der Waals surface area contributed by atoms with E-state index in [-0.39, 0.29) is 10.8 Å². The largest absolute Gasteiger partial charge is 0.397 e. The van der Waals surface area contributed by atoms with Crippen LogP contribution in [-0.4, -0.2) is 0 Å². The smallest absolute Gasteiger partial charge is 0.125 e. The minimum Gasteiger partial charge on any atom is -0.397 e. The molecule has 0 aromatic heterocycles. The monoisotopic (exact) mass is 211 g/mol. The van der Waals surface area contributed by atoms with Crippen molar-refractivity contribution in [2.45, 2.75) is 12.8 Å². The summed E-state index contributed by atoms with van der Waals surface area (Å²) in [6.45, 7) is 3.92. The highest BCUT2D eigenvalue weighted by Crippen LogP contribution is 2.43. The molecule has 0 spiro atoms. The van der Waals surface area contributed by atoms with Crippen LogP contribution >= 0.6 is 11.6 Å². The molecule has 0 radical (unpaired) electrons. The molecule has 2 rings (SSSR count). The first kappa shape index (κ1) is 9.53. The Labute approximate surface area is 87.4 Å². The molecule has 0 amide bonds. The van der Waals surface area contributed by atoms with Crippen LogP contribution in [0, 0.1) is 11.7 Å². The van der Waals surface area contributed by atoms with Gasteiger partial charge in [-0.1, -0.05) is 18.2 Å². The number of halogens is 2. The lowest BCUT2D eigenvalue weighted by molar-refractivity contribution is 0.627. The second-order valence-corrected chi connectivity index (χ2v) is 4.06. The van der Waals surface area contributed by atoms with Crippen LogP contribution in [0.3, 0.4) is 0 Å². The predicted octanol–water partition coefficient (Wildman–Crippen LogP) is 3.48. The molecule has 14 heavy (non-hydrogen) atoms. The number of anilines is 1. The van der Waals surface area contributed by atoms with Crippen LogP contribution in [0.15, 0.2) is 18.7 Å². The van der Waals surface area contributed by atoms with E-state index in [0.717, 1.165) is 18.4 Å². The van der Waals surface area contributed by atoms with E-state index in [4.69, 9.17) is 17.3 Å². The molecule has 2 N–H and O–H groups in total. The molecule has 1 aromatic carbocycles. The van der Waals surface area contributed by atoms with Crippen molar-refractivity contribution in [1.82, 2.24) is 0 Å². The minimum absolute atomic E-state index is 0.266. The highest BCUT2D eigenvalue weighted by atomic mass is 35.5. The molecule has 0 saturated heterocycles. The molecule has 1 fully saturated rings. The van der Waals surface area contributed by atoms with Gasteiger partial charge in [0.15, 0.2) is 0 Å². The van der Waals surface area contributed by atoms with Crippen molar-refractivity contribution >= 4 is 22.9 Å². The molecule has 0 bridgehead atoms. The van der Waals surface area contributed by atoms with E-state index < -0.39 is 0 Å². The van der Waals surface area contributed by atoms with Crippen molar-refractivity contribution in [2.75, 3.05) is 5.73 Å². The molecule has 0 aliphatic heterocycles. The Morgan fingerprint density at radius 3 is 2.71 bits per heavy atom. The van der Waals surface area contributed by atoms with Crippen molar-refractivity contribution in [2.24, 2.45) is 5.92 Å². The van der Waals surface area contributed by atoms with Crippen molar-refractivity contribution in [3.8, 4) is 0 Å². The average molecular weight is 212 g/mol. The standard InChI is InChI=1S/C11H11ClFN/c1-6(7-2-3-7)9-4-8(13)5-10(12)11(9)14/h4-5,7H,1-3,14H2. The van der Waals surface area contributed by atoms with Gasteiger partial charge >= 0.3 is 0 Å². The van der Waals surface area contributed by atoms with Crippen molar-refractivity contribution in [3.05, 3.63) is 35.1 Å². The van der Waals surface area contributed by atoms with Gasteiger partial charge in [-0.2, -0.15) is 0 Å². The van der Waals surface area contributed by atoms with Crippen LogP contribution in [0.5, 0.6) is 0 Å². The molecule has 0 heterocycles. The van der Waals surface area contributed by atoms with E-state index in [1.165, 1.54) is 12.1 Å². The zero-order valence-corrected chi connectivity index (χ0v) is 8.44. The number of allylic oxidation sites excluding steroid dienone is 1.